The minimum atomic E-state index is 0.253. The molecule has 0 spiro atoms. The molecule has 1 fully saturated rings. The quantitative estimate of drug-likeness (QED) is 0.659. The zero-order chi connectivity index (χ0) is 9.26. The van der Waals surface area contributed by atoms with Crippen LogP contribution >= 0.6 is 0 Å². The van der Waals surface area contributed by atoms with Crippen LogP contribution in [0.2, 0.25) is 0 Å². The summed E-state index contributed by atoms with van der Waals surface area (Å²) < 4.78 is 2.03. The third-order valence-electron chi connectivity index (χ3n) is 2.81. The molecule has 2 atom stereocenters. The van der Waals surface area contributed by atoms with Gasteiger partial charge in [-0.2, -0.15) is 0 Å². The second-order valence-electron chi connectivity index (χ2n) is 3.64. The standard InChI is InChI=1S/C9H15N3O/c1-12-6-11-4-9(12)8-3-10-2-7(8)5-13/h4,6-8,10,13H,2-3,5H2,1H3/t7-,8+/m0/s1. The molecule has 0 saturated carbocycles. The molecule has 1 aromatic heterocycles. The molecule has 4 nitrogen and oxygen atoms in total. The van der Waals surface area contributed by atoms with E-state index in [-0.39, 0.29) is 6.61 Å². The molecule has 1 aromatic rings. The maximum Gasteiger partial charge on any atom is 0.0945 e. The van der Waals surface area contributed by atoms with Crippen molar-refractivity contribution >= 4 is 0 Å². The van der Waals surface area contributed by atoms with Crippen LogP contribution < -0.4 is 5.32 Å². The molecule has 2 N–H and O–H groups in total. The van der Waals surface area contributed by atoms with Crippen LogP contribution in [0.15, 0.2) is 12.5 Å². The molecule has 0 bridgehead atoms. The van der Waals surface area contributed by atoms with Crippen molar-refractivity contribution < 1.29 is 5.11 Å². The molecule has 1 aliphatic heterocycles. The third kappa shape index (κ3) is 1.47. The van der Waals surface area contributed by atoms with Crippen LogP contribution in [0.25, 0.3) is 0 Å². The number of aliphatic hydroxyl groups is 1. The van der Waals surface area contributed by atoms with Gasteiger partial charge < -0.3 is 15.0 Å². The fourth-order valence-corrected chi connectivity index (χ4v) is 2.00. The van der Waals surface area contributed by atoms with Crippen LogP contribution in [0.1, 0.15) is 11.6 Å². The molecule has 0 amide bonds. The number of nitrogens with zero attached hydrogens (tertiary/aromatic N) is 2. The summed E-state index contributed by atoms with van der Waals surface area (Å²) in [5.41, 5.74) is 1.21. The van der Waals surface area contributed by atoms with Crippen molar-refractivity contribution in [3.8, 4) is 0 Å². The van der Waals surface area contributed by atoms with E-state index >= 15 is 0 Å². The van der Waals surface area contributed by atoms with Crippen LogP contribution in [0, 0.1) is 5.92 Å². The van der Waals surface area contributed by atoms with Crippen LogP contribution in [0.3, 0.4) is 0 Å². The maximum atomic E-state index is 9.16. The van der Waals surface area contributed by atoms with Crippen molar-refractivity contribution in [1.29, 1.82) is 0 Å². The molecule has 0 aliphatic carbocycles. The highest BCUT2D eigenvalue weighted by molar-refractivity contribution is 5.11. The van der Waals surface area contributed by atoms with Gasteiger partial charge in [0.1, 0.15) is 0 Å². The van der Waals surface area contributed by atoms with E-state index in [1.165, 1.54) is 5.69 Å². The summed E-state index contributed by atoms with van der Waals surface area (Å²) in [6, 6.07) is 0. The van der Waals surface area contributed by atoms with Gasteiger partial charge in [-0.3, -0.25) is 0 Å². The molecule has 2 heterocycles. The Morgan fingerprint density at radius 1 is 1.69 bits per heavy atom. The second-order valence-corrected chi connectivity index (χ2v) is 3.64. The Morgan fingerprint density at radius 3 is 3.15 bits per heavy atom. The first-order chi connectivity index (χ1) is 6.33. The minimum Gasteiger partial charge on any atom is -0.396 e. The first kappa shape index (κ1) is 8.72. The topological polar surface area (TPSA) is 50.1 Å². The molecular formula is C9H15N3O. The van der Waals surface area contributed by atoms with Gasteiger partial charge in [-0.05, 0) is 0 Å². The van der Waals surface area contributed by atoms with Gasteiger partial charge >= 0.3 is 0 Å². The molecule has 72 valence electrons. The lowest BCUT2D eigenvalue weighted by Gasteiger charge is -2.16. The highest BCUT2D eigenvalue weighted by atomic mass is 16.3. The number of rotatable bonds is 2. The Bertz CT molecular complexity index is 284. The fourth-order valence-electron chi connectivity index (χ4n) is 2.00. The van der Waals surface area contributed by atoms with E-state index in [4.69, 9.17) is 5.11 Å². The zero-order valence-electron chi connectivity index (χ0n) is 7.77. The lowest BCUT2D eigenvalue weighted by atomic mass is 9.94. The largest absolute Gasteiger partial charge is 0.396 e. The summed E-state index contributed by atoms with van der Waals surface area (Å²) in [6.45, 7) is 2.11. The third-order valence-corrected chi connectivity index (χ3v) is 2.81. The van der Waals surface area contributed by atoms with Gasteiger partial charge in [-0.1, -0.05) is 0 Å². The molecule has 1 saturated heterocycles. The number of aromatic nitrogens is 2. The van der Waals surface area contributed by atoms with Crippen molar-refractivity contribution in [3.05, 3.63) is 18.2 Å². The predicted octanol–water partition coefficient (Wildman–Crippen LogP) is -0.285. The molecule has 0 aromatic carbocycles. The number of hydrogen-bond donors (Lipinski definition) is 2. The van der Waals surface area contributed by atoms with Crippen LogP contribution in [0.5, 0.6) is 0 Å². The Kier molecular flexibility index (Phi) is 2.33. The number of hydrogen-bond acceptors (Lipinski definition) is 3. The minimum absolute atomic E-state index is 0.253. The monoisotopic (exact) mass is 181 g/mol. The van der Waals surface area contributed by atoms with Gasteiger partial charge in [-0.25, -0.2) is 4.98 Å². The molecule has 0 unspecified atom stereocenters. The molecule has 13 heavy (non-hydrogen) atoms. The van der Waals surface area contributed by atoms with E-state index in [2.05, 4.69) is 10.3 Å². The fraction of sp³-hybridized carbons (Fsp3) is 0.667. The first-order valence-corrected chi connectivity index (χ1v) is 4.60. The predicted molar refractivity (Wildman–Crippen MR) is 49.4 cm³/mol. The Labute approximate surface area is 77.6 Å². The average molecular weight is 181 g/mol. The van der Waals surface area contributed by atoms with Crippen molar-refractivity contribution in [1.82, 2.24) is 14.9 Å². The zero-order valence-corrected chi connectivity index (χ0v) is 7.77. The summed E-state index contributed by atoms with van der Waals surface area (Å²) in [5, 5.41) is 12.4. The summed E-state index contributed by atoms with van der Waals surface area (Å²) in [6.07, 6.45) is 3.70. The molecule has 1 aliphatic rings. The Balaban J connectivity index is 2.20. The summed E-state index contributed by atoms with van der Waals surface area (Å²) in [4.78, 5) is 4.09. The summed E-state index contributed by atoms with van der Waals surface area (Å²) >= 11 is 0. The van der Waals surface area contributed by atoms with E-state index in [0.717, 1.165) is 13.1 Å². The van der Waals surface area contributed by atoms with Crippen LogP contribution in [-0.2, 0) is 7.05 Å². The smallest absolute Gasteiger partial charge is 0.0945 e. The molecule has 0 radical (unpaired) electrons. The number of imidazole rings is 1. The van der Waals surface area contributed by atoms with E-state index in [9.17, 15) is 0 Å². The second kappa shape index (κ2) is 3.47. The van der Waals surface area contributed by atoms with E-state index in [1.807, 2.05) is 24.1 Å². The van der Waals surface area contributed by atoms with Crippen LogP contribution in [-0.4, -0.2) is 34.4 Å². The Hall–Kier alpha value is -0.870. The van der Waals surface area contributed by atoms with Gasteiger partial charge in [-0.15, -0.1) is 0 Å². The SMILES string of the molecule is Cn1cncc1[C@@H]1CNC[C@H]1CO. The van der Waals surface area contributed by atoms with Gasteiger partial charge in [0.05, 0.1) is 6.33 Å². The maximum absolute atomic E-state index is 9.16. The van der Waals surface area contributed by atoms with Crippen LogP contribution in [0.4, 0.5) is 0 Å². The normalized spacial score (nSPS) is 28.2. The molecule has 2 rings (SSSR count). The highest BCUT2D eigenvalue weighted by Gasteiger charge is 2.29. The number of aryl methyl sites for hydroxylation is 1. The number of nitrogens with one attached hydrogen (secondary N) is 1. The van der Waals surface area contributed by atoms with E-state index in [0.29, 0.717) is 11.8 Å². The Morgan fingerprint density at radius 2 is 2.54 bits per heavy atom. The lowest BCUT2D eigenvalue weighted by Crippen LogP contribution is -2.16. The molecule has 4 heteroatoms. The first-order valence-electron chi connectivity index (χ1n) is 4.60. The molecular weight excluding hydrogens is 166 g/mol. The van der Waals surface area contributed by atoms with Gasteiger partial charge in [0.15, 0.2) is 0 Å². The average Bonchev–Trinajstić information content (AvgIpc) is 2.71. The van der Waals surface area contributed by atoms with Gasteiger partial charge in [0, 0.05) is 50.5 Å². The van der Waals surface area contributed by atoms with Crippen molar-refractivity contribution in [2.24, 2.45) is 13.0 Å². The van der Waals surface area contributed by atoms with Crippen molar-refractivity contribution in [2.45, 2.75) is 5.92 Å². The van der Waals surface area contributed by atoms with Gasteiger partial charge in [0.25, 0.3) is 0 Å². The number of aliphatic hydroxyl groups excluding tert-OH is 1. The van der Waals surface area contributed by atoms with Gasteiger partial charge in [0.2, 0.25) is 0 Å². The van der Waals surface area contributed by atoms with E-state index < -0.39 is 0 Å². The summed E-state index contributed by atoms with van der Waals surface area (Å²) in [7, 11) is 2.00. The highest BCUT2D eigenvalue weighted by Crippen LogP contribution is 2.26. The van der Waals surface area contributed by atoms with Crippen molar-refractivity contribution in [2.75, 3.05) is 19.7 Å². The summed E-state index contributed by atoms with van der Waals surface area (Å²) in [5.74, 6) is 0.757. The lowest BCUT2D eigenvalue weighted by molar-refractivity contribution is 0.224. The van der Waals surface area contributed by atoms with Crippen molar-refractivity contribution in [3.63, 3.8) is 0 Å². The van der Waals surface area contributed by atoms with E-state index in [1.54, 1.807) is 0 Å².